The summed E-state index contributed by atoms with van der Waals surface area (Å²) in [6.45, 7) is 14.2. The van der Waals surface area contributed by atoms with Crippen molar-refractivity contribution in [1.82, 2.24) is 49.3 Å². The van der Waals surface area contributed by atoms with E-state index in [1.807, 2.05) is 48.7 Å². The number of carboxylic acid groups (broad SMARTS) is 3. The van der Waals surface area contributed by atoms with Gasteiger partial charge in [0.2, 0.25) is 0 Å². The number of aryl methyl sites for hydroxylation is 1. The molecule has 0 fully saturated rings. The largest absolute Gasteiger partial charge is 0.478 e. The maximum atomic E-state index is 15.2. The number of halogens is 4. The minimum atomic E-state index is -1.19. The van der Waals surface area contributed by atoms with Crippen LogP contribution in [-0.4, -0.2) is 82.5 Å². The molecule has 0 saturated carbocycles. The smallest absolute Gasteiger partial charge is 0.354 e. The van der Waals surface area contributed by atoms with Crippen LogP contribution in [-0.2, 0) is 0 Å². The van der Waals surface area contributed by atoms with Crippen LogP contribution in [0.25, 0.3) is 116 Å². The van der Waals surface area contributed by atoms with Crippen molar-refractivity contribution in [2.24, 2.45) is 0 Å². The van der Waals surface area contributed by atoms with Crippen molar-refractivity contribution < 1.29 is 47.3 Å². The molecular weight excluding hydrogens is 1210 g/mol. The molecule has 7 heterocycles. The number of aromatic carboxylic acids is 3. The van der Waals surface area contributed by atoms with Crippen molar-refractivity contribution in [2.45, 2.75) is 66.2 Å². The second kappa shape index (κ2) is 24.6. The number of hydrogen-bond acceptors (Lipinski definition) is 7. The molecule has 8 aromatic carbocycles. The van der Waals surface area contributed by atoms with Crippen LogP contribution in [0.3, 0.4) is 0 Å². The summed E-state index contributed by atoms with van der Waals surface area (Å²) < 4.78 is 62.5. The predicted molar refractivity (Wildman–Crippen MR) is 361 cm³/mol. The molecule has 20 heteroatoms. The second-order valence-electron chi connectivity index (χ2n) is 24.2. The molecular formula is C75H60F4N10O6. The van der Waals surface area contributed by atoms with Crippen molar-refractivity contribution in [1.29, 1.82) is 0 Å². The van der Waals surface area contributed by atoms with Crippen LogP contribution in [0.2, 0.25) is 0 Å². The van der Waals surface area contributed by atoms with Gasteiger partial charge in [-0.1, -0.05) is 59.7 Å². The van der Waals surface area contributed by atoms with E-state index in [0.29, 0.717) is 16.7 Å². The Labute approximate surface area is 539 Å². The van der Waals surface area contributed by atoms with Gasteiger partial charge in [0.15, 0.2) is 5.69 Å². The van der Waals surface area contributed by atoms with E-state index in [4.69, 9.17) is 0 Å². The van der Waals surface area contributed by atoms with Crippen molar-refractivity contribution in [3.63, 3.8) is 0 Å². The minimum absolute atomic E-state index is 0.0162. The first-order valence-electron chi connectivity index (χ1n) is 30.5. The molecule has 0 saturated heterocycles. The molecule has 7 aromatic heterocycles. The molecule has 6 N–H and O–H groups in total. The molecule has 474 valence electrons. The van der Waals surface area contributed by atoms with Gasteiger partial charge in [0.1, 0.15) is 23.3 Å². The van der Waals surface area contributed by atoms with Crippen LogP contribution < -0.4 is 0 Å². The van der Waals surface area contributed by atoms with Crippen LogP contribution in [0.4, 0.5) is 17.6 Å². The average molecular weight is 1270 g/mol. The zero-order chi connectivity index (χ0) is 66.8. The number of fused-ring (bicyclic) bond motifs is 6. The summed E-state index contributed by atoms with van der Waals surface area (Å²) in [7, 11) is 0. The molecule has 0 radical (unpaired) electrons. The van der Waals surface area contributed by atoms with Gasteiger partial charge < -0.3 is 29.0 Å². The third kappa shape index (κ3) is 11.3. The maximum absolute atomic E-state index is 15.2. The number of carboxylic acids is 3. The highest BCUT2D eigenvalue weighted by atomic mass is 19.1. The number of nitrogens with zero attached hydrogens (tertiary/aromatic N) is 7. The molecule has 0 spiro atoms. The number of aromatic amines is 3. The van der Waals surface area contributed by atoms with Crippen molar-refractivity contribution in [2.75, 3.05) is 0 Å². The lowest BCUT2D eigenvalue weighted by molar-refractivity contribution is 0.0681. The molecule has 15 rings (SSSR count). The lowest BCUT2D eigenvalue weighted by atomic mass is 9.95. The Morgan fingerprint density at radius 3 is 1.14 bits per heavy atom. The number of carbonyl (C=O) groups is 3. The fourth-order valence-corrected chi connectivity index (χ4v) is 12.9. The number of aromatic nitrogens is 10. The van der Waals surface area contributed by atoms with E-state index in [1.165, 1.54) is 48.5 Å². The summed E-state index contributed by atoms with van der Waals surface area (Å²) in [4.78, 5) is 38.3. The molecule has 0 aliphatic carbocycles. The number of pyridine rings is 1. The summed E-state index contributed by atoms with van der Waals surface area (Å²) in [5.41, 5.74) is 16.3. The molecule has 95 heavy (non-hydrogen) atoms. The van der Waals surface area contributed by atoms with Crippen molar-refractivity contribution >= 4 is 83.3 Å². The van der Waals surface area contributed by atoms with Gasteiger partial charge in [-0.15, -0.1) is 0 Å². The molecule has 0 aliphatic rings. The summed E-state index contributed by atoms with van der Waals surface area (Å²) in [5.74, 6) is -4.47. The minimum Gasteiger partial charge on any atom is -0.478 e. The second-order valence-corrected chi connectivity index (χ2v) is 24.2. The Morgan fingerprint density at radius 1 is 0.411 bits per heavy atom. The van der Waals surface area contributed by atoms with Crippen LogP contribution in [0.15, 0.2) is 183 Å². The van der Waals surface area contributed by atoms with Gasteiger partial charge in [0.05, 0.1) is 62.8 Å². The summed E-state index contributed by atoms with van der Waals surface area (Å²) in [6, 6.07) is 44.0. The number of nitrogens with one attached hydrogen (secondary N) is 3. The molecule has 0 bridgehead atoms. The molecule has 0 atom stereocenters. The Kier molecular flexibility index (Phi) is 16.0. The molecule has 0 aliphatic heterocycles. The Balaban J connectivity index is 0.000000129. The highest BCUT2D eigenvalue weighted by Crippen LogP contribution is 2.46. The topological polar surface area (TPSA) is 226 Å². The fourth-order valence-electron chi connectivity index (χ4n) is 12.9. The van der Waals surface area contributed by atoms with Crippen molar-refractivity contribution in [3.8, 4) is 50.4 Å². The lowest BCUT2D eigenvalue weighted by Crippen LogP contribution is -2.05. The highest BCUT2D eigenvalue weighted by Gasteiger charge is 2.28. The summed E-state index contributed by atoms with van der Waals surface area (Å²) in [6.07, 6.45) is 6.89. The van der Waals surface area contributed by atoms with Gasteiger partial charge in [-0.2, -0.15) is 15.3 Å². The van der Waals surface area contributed by atoms with Crippen LogP contribution >= 0.6 is 0 Å². The van der Waals surface area contributed by atoms with E-state index in [-0.39, 0.29) is 52.0 Å². The Hall–Kier alpha value is -11.9. The van der Waals surface area contributed by atoms with E-state index >= 15 is 4.39 Å². The average Bonchev–Trinajstić information content (AvgIpc) is 1.59. The van der Waals surface area contributed by atoms with Crippen LogP contribution in [0.5, 0.6) is 0 Å². The van der Waals surface area contributed by atoms with E-state index in [0.717, 1.165) is 128 Å². The van der Waals surface area contributed by atoms with Crippen LogP contribution in [0, 0.1) is 30.2 Å². The zero-order valence-electron chi connectivity index (χ0n) is 52.3. The van der Waals surface area contributed by atoms with Gasteiger partial charge in [-0.3, -0.25) is 15.3 Å². The van der Waals surface area contributed by atoms with Gasteiger partial charge in [-0.25, -0.2) is 36.9 Å². The fraction of sp³-hybridized carbons (Fsp3) is 0.133. The van der Waals surface area contributed by atoms with Crippen molar-refractivity contribution in [3.05, 3.63) is 245 Å². The molecule has 15 aromatic rings. The van der Waals surface area contributed by atoms with E-state index in [9.17, 15) is 42.9 Å². The quantitative estimate of drug-likeness (QED) is 0.0634. The number of hydrogen-bond donors (Lipinski definition) is 6. The third-order valence-electron chi connectivity index (χ3n) is 17.1. The molecule has 16 nitrogen and oxygen atoms in total. The maximum Gasteiger partial charge on any atom is 0.354 e. The normalized spacial score (nSPS) is 11.6. The molecule has 0 unspecified atom stereocenters. The first-order chi connectivity index (χ1) is 45.6. The summed E-state index contributed by atoms with van der Waals surface area (Å²) >= 11 is 0. The summed E-state index contributed by atoms with van der Waals surface area (Å²) in [5, 5.41) is 55.0. The third-order valence-corrected chi connectivity index (χ3v) is 17.1. The number of benzene rings is 8. The van der Waals surface area contributed by atoms with Gasteiger partial charge in [0.25, 0.3) is 0 Å². The van der Waals surface area contributed by atoms with E-state index < -0.39 is 23.7 Å². The zero-order valence-corrected chi connectivity index (χ0v) is 52.3. The van der Waals surface area contributed by atoms with Crippen LogP contribution in [0.1, 0.15) is 113 Å². The number of rotatable bonds is 12. The first kappa shape index (κ1) is 61.9. The van der Waals surface area contributed by atoms with Gasteiger partial charge in [0, 0.05) is 100 Å². The molecule has 0 amide bonds. The van der Waals surface area contributed by atoms with Gasteiger partial charge in [-0.05, 0) is 175 Å². The standard InChI is InChI=1S/C25H19F2N3O2.C25H21FN4O2.C25H20FN3O2/c1-13(2)24-23(18-8-3-14(25(31)32)9-20(18)27)19-11-21-15(12-28-29-21)10-22(19)30(24)17-6-4-16(26)5-7-17;1-13(2)24-22(16-8-14(3)23(25(31)32)27-11-16)19-10-20-15(12-28-29-20)9-21(19)30(24)18-6-4-17(26)5-7-18;1-14(2)24-23(15-3-5-16(6-4-15)25(30)31)20-12-21-17(13-27-28-21)11-22(20)29(24)19-9-7-18(26)8-10-19/h3-13H,1-2H3,(H,28,29)(H,31,32);4-13H,1-3H3,(H,28,29)(H,31,32);3-14H,1-2H3,(H,27,28)(H,30,31). The lowest BCUT2D eigenvalue weighted by Gasteiger charge is -2.16. The monoisotopic (exact) mass is 1270 g/mol. The SMILES string of the molecule is CC(C)c1c(-c2ccc(C(=O)O)cc2)c2cc3[nH]ncc3cc2n1-c1ccc(F)cc1.CC(C)c1c(-c2ccc(C(=O)O)cc2F)c2cc3[nH]ncc3cc2n1-c1ccc(F)cc1.Cc1cc(-c2c(C(C)C)n(-c3ccc(F)cc3)c3cc4cn[nH]c4cc23)cnc1C(=O)O. The Bertz CT molecular complexity index is 5500. The van der Waals surface area contributed by atoms with E-state index in [1.54, 1.807) is 80.2 Å². The Morgan fingerprint density at radius 2 is 0.779 bits per heavy atom. The predicted octanol–water partition coefficient (Wildman–Crippen LogP) is 18.2. The first-order valence-corrected chi connectivity index (χ1v) is 30.5. The van der Waals surface area contributed by atoms with Gasteiger partial charge >= 0.3 is 17.9 Å². The highest BCUT2D eigenvalue weighted by molar-refractivity contribution is 6.09. The van der Waals surface area contributed by atoms with E-state index in [2.05, 4.69) is 96.7 Å². The number of H-pyrrole nitrogens is 3.